The number of rotatable bonds is 8. The van der Waals surface area contributed by atoms with Crippen LogP contribution in [0.2, 0.25) is 5.02 Å². The van der Waals surface area contributed by atoms with Gasteiger partial charge < -0.3 is 15.1 Å². The maximum atomic E-state index is 9.55. The Morgan fingerprint density at radius 1 is 0.941 bits per heavy atom. The first-order valence-corrected chi connectivity index (χ1v) is 11.4. The Labute approximate surface area is 202 Å². The molecule has 180 valence electrons. The quantitative estimate of drug-likeness (QED) is 0.468. The van der Waals surface area contributed by atoms with Crippen molar-refractivity contribution in [3.63, 3.8) is 0 Å². The predicted molar refractivity (Wildman–Crippen MR) is 129 cm³/mol. The molecule has 1 saturated heterocycles. The zero-order valence-corrected chi connectivity index (χ0v) is 19.5. The number of carboxylic acid groups (broad SMARTS) is 2. The third-order valence-corrected chi connectivity index (χ3v) is 5.71. The molecule has 1 aromatic carbocycles. The van der Waals surface area contributed by atoms with Crippen LogP contribution in [-0.2, 0) is 22.6 Å². The van der Waals surface area contributed by atoms with Gasteiger partial charge in [0.05, 0.1) is 0 Å². The number of carbonyl (C=O) groups is 2. The second-order valence-corrected chi connectivity index (χ2v) is 8.26. The summed E-state index contributed by atoms with van der Waals surface area (Å²) in [7, 11) is 0. The first-order chi connectivity index (χ1) is 16.4. The van der Waals surface area contributed by atoms with Crippen LogP contribution >= 0.6 is 11.6 Å². The highest BCUT2D eigenvalue weighted by molar-refractivity contribution is 6.31. The Morgan fingerprint density at radius 3 is 2.24 bits per heavy atom. The van der Waals surface area contributed by atoms with Crippen molar-refractivity contribution in [2.24, 2.45) is 0 Å². The van der Waals surface area contributed by atoms with Crippen LogP contribution in [0.15, 0.2) is 60.8 Å². The van der Waals surface area contributed by atoms with Gasteiger partial charge in [0.1, 0.15) is 0 Å². The number of benzene rings is 1. The molecule has 0 bridgehead atoms. The van der Waals surface area contributed by atoms with E-state index in [2.05, 4.69) is 32.0 Å². The van der Waals surface area contributed by atoms with Gasteiger partial charge in [0.15, 0.2) is 11.5 Å². The van der Waals surface area contributed by atoms with Crippen LogP contribution in [0, 0.1) is 0 Å². The van der Waals surface area contributed by atoms with E-state index in [9.17, 15) is 9.59 Å². The number of aromatic nitrogens is 3. The number of aryl methyl sites for hydroxylation is 1. The Hall–Kier alpha value is -3.27. The lowest BCUT2D eigenvalue weighted by Gasteiger charge is -2.34. The average molecular weight is 486 g/mol. The fourth-order valence-corrected chi connectivity index (χ4v) is 3.82. The van der Waals surface area contributed by atoms with Crippen LogP contribution in [0.3, 0.4) is 0 Å². The molecular formula is C24H28ClN5O4. The number of fused-ring (bicyclic) bond motifs is 1. The summed E-state index contributed by atoms with van der Waals surface area (Å²) in [6, 6.07) is 14.1. The summed E-state index contributed by atoms with van der Waals surface area (Å²) in [5.74, 6) is -1.58. The van der Waals surface area contributed by atoms with Gasteiger partial charge in [0.2, 0.25) is 0 Å². The minimum Gasteiger partial charge on any atom is -0.478 e. The van der Waals surface area contributed by atoms with Crippen molar-refractivity contribution < 1.29 is 19.8 Å². The molecule has 1 aliphatic heterocycles. The maximum Gasteiger partial charge on any atom is 0.328 e. The van der Waals surface area contributed by atoms with Crippen LogP contribution in [0.5, 0.6) is 0 Å². The van der Waals surface area contributed by atoms with Gasteiger partial charge in [-0.2, -0.15) is 5.10 Å². The molecule has 2 N–H and O–H groups in total. The van der Waals surface area contributed by atoms with Gasteiger partial charge in [0, 0.05) is 62.5 Å². The molecule has 1 fully saturated rings. The number of aliphatic carboxylic acids is 2. The highest BCUT2D eigenvalue weighted by atomic mass is 35.5. The van der Waals surface area contributed by atoms with Gasteiger partial charge in [0.25, 0.3) is 0 Å². The molecule has 3 heterocycles. The summed E-state index contributed by atoms with van der Waals surface area (Å²) in [6.07, 6.45) is 5.09. The molecule has 0 amide bonds. The van der Waals surface area contributed by atoms with Crippen molar-refractivity contribution in [1.29, 1.82) is 0 Å². The monoisotopic (exact) mass is 485 g/mol. The van der Waals surface area contributed by atoms with Crippen molar-refractivity contribution >= 4 is 29.2 Å². The van der Waals surface area contributed by atoms with E-state index in [1.54, 1.807) is 0 Å². The lowest BCUT2D eigenvalue weighted by Crippen LogP contribution is -2.46. The molecule has 0 spiro atoms. The topological polar surface area (TPSA) is 111 Å². The van der Waals surface area contributed by atoms with Gasteiger partial charge in [-0.1, -0.05) is 35.9 Å². The van der Waals surface area contributed by atoms with Gasteiger partial charge in [-0.25, -0.2) is 19.1 Å². The lowest BCUT2D eigenvalue weighted by atomic mass is 10.2. The molecule has 0 saturated carbocycles. The predicted octanol–water partition coefficient (Wildman–Crippen LogP) is 2.84. The summed E-state index contributed by atoms with van der Waals surface area (Å²) >= 11 is 6.28. The zero-order valence-electron chi connectivity index (χ0n) is 18.8. The van der Waals surface area contributed by atoms with Crippen LogP contribution < -0.4 is 0 Å². The summed E-state index contributed by atoms with van der Waals surface area (Å²) in [6.45, 7) is 6.47. The SMILES string of the molecule is Clc1ccccc1CN1CCN(CCCc2nc3ccccn3n2)CC1.O=C(O)/C=C\C(=O)O. The molecular weight excluding hydrogens is 458 g/mol. The van der Waals surface area contributed by atoms with Gasteiger partial charge in [-0.05, 0) is 36.7 Å². The first kappa shape index (κ1) is 25.4. The van der Waals surface area contributed by atoms with Crippen LogP contribution in [0.1, 0.15) is 17.8 Å². The molecule has 1 aliphatic rings. The van der Waals surface area contributed by atoms with E-state index in [4.69, 9.17) is 21.8 Å². The fourth-order valence-electron chi connectivity index (χ4n) is 3.63. The third kappa shape index (κ3) is 8.26. The van der Waals surface area contributed by atoms with E-state index < -0.39 is 11.9 Å². The summed E-state index contributed by atoms with van der Waals surface area (Å²) in [4.78, 5) is 28.7. The normalized spacial score (nSPS) is 14.7. The van der Waals surface area contributed by atoms with Crippen LogP contribution in [0.4, 0.5) is 0 Å². The van der Waals surface area contributed by atoms with E-state index in [1.165, 1.54) is 5.56 Å². The highest BCUT2D eigenvalue weighted by Crippen LogP contribution is 2.18. The second kappa shape index (κ2) is 12.8. The molecule has 10 heteroatoms. The standard InChI is InChI=1S/C20H24ClN5.C4H4O4/c21-18-7-2-1-6-17(18)16-25-14-12-24(13-15-25)10-5-8-19-22-20-9-3-4-11-26(20)23-19;5-3(6)1-2-4(7)8/h1-4,6-7,9,11H,5,8,10,12-16H2;1-2H,(H,5,6)(H,7,8)/b;2-1-. The van der Waals surface area contributed by atoms with Gasteiger partial charge >= 0.3 is 11.9 Å². The van der Waals surface area contributed by atoms with Crippen molar-refractivity contribution in [2.45, 2.75) is 19.4 Å². The Morgan fingerprint density at radius 2 is 1.59 bits per heavy atom. The van der Waals surface area contributed by atoms with Crippen molar-refractivity contribution in [2.75, 3.05) is 32.7 Å². The van der Waals surface area contributed by atoms with E-state index in [0.29, 0.717) is 12.2 Å². The Bertz CT molecular complexity index is 1080. The largest absolute Gasteiger partial charge is 0.478 e. The summed E-state index contributed by atoms with van der Waals surface area (Å²) in [5.41, 5.74) is 2.15. The number of hydrogen-bond donors (Lipinski definition) is 2. The van der Waals surface area contributed by atoms with Gasteiger partial charge in [-0.3, -0.25) is 4.90 Å². The lowest BCUT2D eigenvalue weighted by molar-refractivity contribution is -0.134. The molecule has 34 heavy (non-hydrogen) atoms. The third-order valence-electron chi connectivity index (χ3n) is 5.35. The summed E-state index contributed by atoms with van der Waals surface area (Å²) in [5, 5.41) is 21.0. The van der Waals surface area contributed by atoms with Crippen molar-refractivity contribution in [3.8, 4) is 0 Å². The molecule has 0 aliphatic carbocycles. The first-order valence-electron chi connectivity index (χ1n) is 11.0. The van der Waals surface area contributed by atoms with E-state index >= 15 is 0 Å². The molecule has 0 unspecified atom stereocenters. The Kier molecular flexibility index (Phi) is 9.57. The Balaban J connectivity index is 0.000000350. The minimum atomic E-state index is -1.26. The molecule has 9 nitrogen and oxygen atoms in total. The average Bonchev–Trinajstić information content (AvgIpc) is 3.24. The minimum absolute atomic E-state index is 0.558. The fraction of sp³-hybridized carbons (Fsp3) is 0.333. The molecule has 2 aromatic heterocycles. The molecule has 0 atom stereocenters. The molecule has 3 aromatic rings. The number of pyridine rings is 1. The number of carboxylic acids is 2. The van der Waals surface area contributed by atoms with Gasteiger partial charge in [-0.15, -0.1) is 0 Å². The maximum absolute atomic E-state index is 9.55. The number of hydrogen-bond acceptors (Lipinski definition) is 6. The van der Waals surface area contributed by atoms with E-state index in [1.807, 2.05) is 41.0 Å². The summed E-state index contributed by atoms with van der Waals surface area (Å²) < 4.78 is 1.85. The number of nitrogens with zero attached hydrogens (tertiary/aromatic N) is 5. The van der Waals surface area contributed by atoms with Crippen LogP contribution in [-0.4, -0.2) is 79.3 Å². The zero-order chi connectivity index (χ0) is 24.3. The highest BCUT2D eigenvalue weighted by Gasteiger charge is 2.17. The van der Waals surface area contributed by atoms with E-state index in [0.717, 1.165) is 68.6 Å². The second-order valence-electron chi connectivity index (χ2n) is 7.85. The number of piperazine rings is 1. The van der Waals surface area contributed by atoms with E-state index in [-0.39, 0.29) is 0 Å². The smallest absolute Gasteiger partial charge is 0.328 e. The van der Waals surface area contributed by atoms with Crippen molar-refractivity contribution in [1.82, 2.24) is 24.4 Å². The molecule has 0 radical (unpaired) electrons. The van der Waals surface area contributed by atoms with Crippen LogP contribution in [0.25, 0.3) is 5.65 Å². The van der Waals surface area contributed by atoms with Crippen molar-refractivity contribution in [3.05, 3.63) is 77.2 Å². The number of halogens is 1. The molecule has 4 rings (SSSR count).